The fourth-order valence-corrected chi connectivity index (χ4v) is 5.72. The Morgan fingerprint density at radius 3 is 2.38 bits per heavy atom. The van der Waals surface area contributed by atoms with Gasteiger partial charge in [-0.05, 0) is 49.1 Å². The molecule has 12 heteroatoms. The van der Waals surface area contributed by atoms with E-state index in [4.69, 9.17) is 10.5 Å². The summed E-state index contributed by atoms with van der Waals surface area (Å²) in [5, 5.41) is 20.9. The van der Waals surface area contributed by atoms with Crippen molar-refractivity contribution < 1.29 is 29.3 Å². The van der Waals surface area contributed by atoms with Gasteiger partial charge in [0.15, 0.2) is 5.69 Å². The number of ether oxygens (including phenoxy) is 1. The van der Waals surface area contributed by atoms with Gasteiger partial charge in [0.2, 0.25) is 11.8 Å². The molecule has 0 unspecified atom stereocenters. The van der Waals surface area contributed by atoms with Crippen LogP contribution in [0.5, 0.6) is 11.6 Å². The van der Waals surface area contributed by atoms with Crippen molar-refractivity contribution in [3.05, 3.63) is 82.4 Å². The van der Waals surface area contributed by atoms with Crippen LogP contribution in [0.1, 0.15) is 41.1 Å². The molecular weight excluding hydrogens is 542 g/mol. The Balaban J connectivity index is 1.23. The molecule has 0 aliphatic carbocycles. The van der Waals surface area contributed by atoms with Crippen LogP contribution in [0, 0.1) is 5.92 Å². The van der Waals surface area contributed by atoms with Gasteiger partial charge in [0, 0.05) is 43.6 Å². The summed E-state index contributed by atoms with van der Waals surface area (Å²) in [7, 11) is 0. The smallest absolute Gasteiger partial charge is 0.407 e. The fraction of sp³-hybridized carbons (Fsp3) is 0.367. The SMILES string of the molecule is Nc1c(Oc2ccc(C=O)cc2)ncn(CC2(O)CCN(C(=O)[C@@H]3CCN(C(=O)O)C[C@H]3c3ccccc3)CC2)c1=O. The maximum Gasteiger partial charge on any atom is 0.407 e. The third kappa shape index (κ3) is 6.13. The van der Waals surface area contributed by atoms with Crippen LogP contribution in [0.3, 0.4) is 0 Å². The number of anilines is 1. The molecule has 5 rings (SSSR count). The predicted molar refractivity (Wildman–Crippen MR) is 152 cm³/mol. The Bertz CT molecular complexity index is 1500. The molecule has 2 aliphatic heterocycles. The van der Waals surface area contributed by atoms with E-state index in [1.807, 2.05) is 30.3 Å². The van der Waals surface area contributed by atoms with E-state index >= 15 is 0 Å². The van der Waals surface area contributed by atoms with E-state index in [1.54, 1.807) is 29.2 Å². The van der Waals surface area contributed by atoms with E-state index in [9.17, 15) is 29.4 Å². The monoisotopic (exact) mass is 575 g/mol. The van der Waals surface area contributed by atoms with Gasteiger partial charge in [0.1, 0.15) is 18.4 Å². The lowest BCUT2D eigenvalue weighted by atomic mass is 9.79. The summed E-state index contributed by atoms with van der Waals surface area (Å²) in [5.74, 6) is -0.412. The number of piperidine rings is 2. The van der Waals surface area contributed by atoms with Crippen LogP contribution in [0.2, 0.25) is 0 Å². The first-order valence-corrected chi connectivity index (χ1v) is 13.8. The summed E-state index contributed by atoms with van der Waals surface area (Å²) in [6, 6.07) is 15.7. The van der Waals surface area contributed by atoms with Crippen LogP contribution in [-0.2, 0) is 11.3 Å². The lowest BCUT2D eigenvalue weighted by Crippen LogP contribution is -2.53. The van der Waals surface area contributed by atoms with Crippen LogP contribution in [0.25, 0.3) is 0 Å². The van der Waals surface area contributed by atoms with Gasteiger partial charge in [-0.25, -0.2) is 9.78 Å². The first kappa shape index (κ1) is 28.8. The highest BCUT2D eigenvalue weighted by Crippen LogP contribution is 2.35. The molecule has 0 radical (unpaired) electrons. The Morgan fingerprint density at radius 2 is 1.74 bits per heavy atom. The number of nitrogens with two attached hydrogens (primary N) is 1. The molecule has 3 heterocycles. The number of carbonyl (C=O) groups is 3. The number of amides is 2. The molecule has 2 atom stereocenters. The van der Waals surface area contributed by atoms with Crippen molar-refractivity contribution in [3.63, 3.8) is 0 Å². The zero-order valence-electron chi connectivity index (χ0n) is 23.0. The van der Waals surface area contributed by atoms with Crippen molar-refractivity contribution in [2.75, 3.05) is 31.9 Å². The number of nitrogens with zero attached hydrogens (tertiary/aromatic N) is 4. The molecule has 0 bridgehead atoms. The van der Waals surface area contributed by atoms with Gasteiger partial charge in [-0.3, -0.25) is 19.0 Å². The Labute approximate surface area is 242 Å². The molecule has 2 fully saturated rings. The number of nitrogen functional groups attached to an aromatic ring is 1. The zero-order valence-corrected chi connectivity index (χ0v) is 23.0. The molecule has 12 nitrogen and oxygen atoms in total. The summed E-state index contributed by atoms with van der Waals surface area (Å²) in [5.41, 5.74) is 5.38. The van der Waals surface area contributed by atoms with Crippen molar-refractivity contribution in [2.45, 2.75) is 37.3 Å². The van der Waals surface area contributed by atoms with Crippen LogP contribution in [0.15, 0.2) is 65.7 Å². The van der Waals surface area contributed by atoms with Gasteiger partial charge < -0.3 is 30.5 Å². The molecule has 2 saturated heterocycles. The number of likely N-dealkylation sites (tertiary alicyclic amines) is 2. The van der Waals surface area contributed by atoms with Gasteiger partial charge in [0.25, 0.3) is 5.56 Å². The van der Waals surface area contributed by atoms with Gasteiger partial charge in [-0.1, -0.05) is 30.3 Å². The molecular formula is C30H33N5O7. The summed E-state index contributed by atoms with van der Waals surface area (Å²) in [4.78, 5) is 56.4. The first-order chi connectivity index (χ1) is 20.2. The summed E-state index contributed by atoms with van der Waals surface area (Å²) >= 11 is 0. The minimum absolute atomic E-state index is 0.0526. The van der Waals surface area contributed by atoms with Crippen molar-refractivity contribution >= 4 is 24.0 Å². The van der Waals surface area contributed by atoms with Gasteiger partial charge in [-0.2, -0.15) is 0 Å². The number of hydrogen-bond donors (Lipinski definition) is 3. The van der Waals surface area contributed by atoms with Crippen molar-refractivity contribution in [1.29, 1.82) is 0 Å². The molecule has 2 aromatic carbocycles. The van der Waals surface area contributed by atoms with Crippen molar-refractivity contribution in [2.24, 2.45) is 5.92 Å². The van der Waals surface area contributed by atoms with Crippen LogP contribution < -0.4 is 16.0 Å². The topological polar surface area (TPSA) is 168 Å². The lowest BCUT2D eigenvalue weighted by Gasteiger charge is -2.42. The van der Waals surface area contributed by atoms with Gasteiger partial charge in [-0.15, -0.1) is 0 Å². The zero-order chi connectivity index (χ0) is 29.9. The van der Waals surface area contributed by atoms with Crippen LogP contribution in [-0.4, -0.2) is 79.6 Å². The summed E-state index contributed by atoms with van der Waals surface area (Å²) in [6.45, 7) is 1.07. The molecule has 42 heavy (non-hydrogen) atoms. The van der Waals surface area contributed by atoms with E-state index in [2.05, 4.69) is 4.98 Å². The highest BCUT2D eigenvalue weighted by atomic mass is 16.5. The maximum absolute atomic E-state index is 13.7. The molecule has 0 spiro atoms. The Morgan fingerprint density at radius 1 is 1.05 bits per heavy atom. The molecule has 2 aliphatic rings. The Kier molecular flexibility index (Phi) is 8.25. The quantitative estimate of drug-likeness (QED) is 0.359. The van der Waals surface area contributed by atoms with Crippen LogP contribution in [0.4, 0.5) is 10.5 Å². The lowest BCUT2D eigenvalue weighted by molar-refractivity contribution is -0.142. The number of rotatable bonds is 7. The fourth-order valence-electron chi connectivity index (χ4n) is 5.72. The average Bonchev–Trinajstić information content (AvgIpc) is 3.01. The molecule has 1 aromatic heterocycles. The van der Waals surface area contributed by atoms with Gasteiger partial charge in [0.05, 0.1) is 12.1 Å². The number of hydrogen-bond acceptors (Lipinski definition) is 8. The number of benzene rings is 2. The second kappa shape index (κ2) is 12.0. The second-order valence-electron chi connectivity index (χ2n) is 10.9. The number of aliphatic hydroxyl groups is 1. The standard InChI is InChI=1S/C30H33N5O7/c31-25-26(42-22-8-6-20(17-36)7-9-22)32-19-35(28(25)38)18-30(41)11-14-33(15-12-30)27(37)23-10-13-34(29(39)40)16-24(23)21-4-2-1-3-5-21/h1-9,17,19,23-24,41H,10-16,18,31H2,(H,39,40)/t23-,24+/m1/s1. The van der Waals surface area contributed by atoms with E-state index < -0.39 is 17.3 Å². The normalized spacial score (nSPS) is 20.1. The Hall–Kier alpha value is -4.71. The molecule has 4 N–H and O–H groups in total. The van der Waals surface area contributed by atoms with Crippen molar-refractivity contribution in [3.8, 4) is 11.6 Å². The number of carbonyl (C=O) groups excluding carboxylic acids is 2. The average molecular weight is 576 g/mol. The van der Waals surface area contributed by atoms with Gasteiger partial charge >= 0.3 is 6.09 Å². The number of aldehydes is 1. The molecule has 3 aromatic rings. The molecule has 220 valence electrons. The number of carboxylic acid groups (broad SMARTS) is 1. The molecule has 0 saturated carbocycles. The summed E-state index contributed by atoms with van der Waals surface area (Å²) < 4.78 is 6.85. The minimum Gasteiger partial charge on any atom is -0.465 e. The third-order valence-electron chi connectivity index (χ3n) is 8.17. The maximum atomic E-state index is 13.7. The van der Waals surface area contributed by atoms with E-state index in [0.717, 1.165) is 5.56 Å². The molecule has 2 amide bonds. The highest BCUT2D eigenvalue weighted by molar-refractivity contribution is 5.81. The third-order valence-corrected chi connectivity index (χ3v) is 8.17. The van der Waals surface area contributed by atoms with Crippen LogP contribution >= 0.6 is 0 Å². The first-order valence-electron chi connectivity index (χ1n) is 13.8. The highest BCUT2D eigenvalue weighted by Gasteiger charge is 2.41. The van der Waals surface area contributed by atoms with E-state index in [1.165, 1.54) is 15.8 Å². The van der Waals surface area contributed by atoms with E-state index in [0.29, 0.717) is 37.1 Å². The minimum atomic E-state index is -1.26. The summed E-state index contributed by atoms with van der Waals surface area (Å²) in [6.07, 6.45) is 1.88. The number of aromatic nitrogens is 2. The predicted octanol–water partition coefficient (Wildman–Crippen LogP) is 2.57. The second-order valence-corrected chi connectivity index (χ2v) is 10.9. The largest absolute Gasteiger partial charge is 0.465 e. The van der Waals surface area contributed by atoms with Crippen molar-refractivity contribution in [1.82, 2.24) is 19.4 Å². The van der Waals surface area contributed by atoms with E-state index in [-0.39, 0.29) is 61.8 Å².